The van der Waals surface area contributed by atoms with Crippen LogP contribution in [0.2, 0.25) is 5.02 Å². The second-order valence-corrected chi connectivity index (χ2v) is 8.86. The first-order valence-corrected chi connectivity index (χ1v) is 11.0. The lowest BCUT2D eigenvalue weighted by molar-refractivity contribution is -0.384. The molecule has 1 saturated carbocycles. The molecule has 0 unspecified atom stereocenters. The Morgan fingerprint density at radius 3 is 2.17 bits per heavy atom. The van der Waals surface area contributed by atoms with E-state index in [4.69, 9.17) is 11.6 Å². The molecule has 2 aliphatic rings. The van der Waals surface area contributed by atoms with Crippen LogP contribution in [0.1, 0.15) is 37.7 Å². The molecule has 0 spiro atoms. The fourth-order valence-corrected chi connectivity index (χ4v) is 5.04. The summed E-state index contributed by atoms with van der Waals surface area (Å²) in [6.45, 7) is 0. The number of imide groups is 1. The Balaban J connectivity index is 1.74. The minimum absolute atomic E-state index is 0.0628. The van der Waals surface area contributed by atoms with Gasteiger partial charge >= 0.3 is 0 Å². The Labute approximate surface area is 183 Å². The van der Waals surface area contributed by atoms with Crippen molar-refractivity contribution in [2.45, 2.75) is 43.0 Å². The summed E-state index contributed by atoms with van der Waals surface area (Å²) in [5, 5.41) is 11.6. The van der Waals surface area contributed by atoms with Crippen LogP contribution in [0.3, 0.4) is 0 Å². The van der Waals surface area contributed by atoms with Crippen molar-refractivity contribution in [3.63, 3.8) is 0 Å². The number of non-ortho nitro benzene ring substituents is 1. The zero-order chi connectivity index (χ0) is 21.3. The highest BCUT2D eigenvalue weighted by atomic mass is 35.5. The third-order valence-electron chi connectivity index (χ3n) is 5.41. The number of nitro groups is 1. The number of carbonyl (C=O) groups excluding carboxylic acids is 2. The second kappa shape index (κ2) is 8.62. The van der Waals surface area contributed by atoms with E-state index in [1.807, 2.05) is 0 Å². The van der Waals surface area contributed by atoms with Crippen molar-refractivity contribution in [3.8, 4) is 0 Å². The quantitative estimate of drug-likeness (QED) is 0.349. The molecular formula is C22H19ClN2O4S. The number of carbonyl (C=O) groups is 2. The third-order valence-corrected chi connectivity index (χ3v) is 6.76. The van der Waals surface area contributed by atoms with Gasteiger partial charge < -0.3 is 0 Å². The average Bonchev–Trinajstić information content (AvgIpc) is 3.00. The van der Waals surface area contributed by atoms with E-state index in [2.05, 4.69) is 0 Å². The molecule has 8 heteroatoms. The maximum Gasteiger partial charge on any atom is 0.269 e. The van der Waals surface area contributed by atoms with Crippen LogP contribution < -0.4 is 0 Å². The summed E-state index contributed by atoms with van der Waals surface area (Å²) in [5.41, 5.74) is 0.751. The van der Waals surface area contributed by atoms with Gasteiger partial charge in [0.15, 0.2) is 0 Å². The molecule has 6 nitrogen and oxygen atoms in total. The fraction of sp³-hybridized carbons (Fsp3) is 0.273. The molecule has 0 radical (unpaired) electrons. The molecule has 0 saturated heterocycles. The van der Waals surface area contributed by atoms with Crippen LogP contribution >= 0.6 is 23.4 Å². The Morgan fingerprint density at radius 2 is 1.57 bits per heavy atom. The zero-order valence-corrected chi connectivity index (χ0v) is 17.6. The van der Waals surface area contributed by atoms with Crippen molar-refractivity contribution in [1.82, 2.24) is 4.90 Å². The number of nitrogens with zero attached hydrogens (tertiary/aromatic N) is 2. The second-order valence-electron chi connectivity index (χ2n) is 7.34. The number of halogens is 1. The highest BCUT2D eigenvalue weighted by molar-refractivity contribution is 8.04. The highest BCUT2D eigenvalue weighted by Gasteiger charge is 2.43. The lowest BCUT2D eigenvalue weighted by atomic mass is 9.94. The number of hydrogen-bond donors (Lipinski definition) is 0. The smallest absolute Gasteiger partial charge is 0.269 e. The Bertz CT molecular complexity index is 1030. The van der Waals surface area contributed by atoms with Crippen molar-refractivity contribution < 1.29 is 14.5 Å². The molecule has 0 aromatic heterocycles. The maximum atomic E-state index is 13.4. The summed E-state index contributed by atoms with van der Waals surface area (Å²) in [6.07, 6.45) is 4.72. The first-order valence-electron chi connectivity index (χ1n) is 9.76. The molecule has 2 aromatic carbocycles. The predicted molar refractivity (Wildman–Crippen MR) is 116 cm³/mol. The van der Waals surface area contributed by atoms with E-state index in [-0.39, 0.29) is 23.5 Å². The third kappa shape index (κ3) is 4.00. The predicted octanol–water partition coefficient (Wildman–Crippen LogP) is 5.45. The number of rotatable bonds is 5. The van der Waals surface area contributed by atoms with E-state index in [1.54, 1.807) is 24.3 Å². The van der Waals surface area contributed by atoms with Crippen LogP contribution in [0, 0.1) is 10.1 Å². The van der Waals surface area contributed by atoms with Gasteiger partial charge in [-0.3, -0.25) is 24.6 Å². The van der Waals surface area contributed by atoms with Crippen LogP contribution in [-0.4, -0.2) is 27.7 Å². The molecule has 0 bridgehead atoms. The van der Waals surface area contributed by atoms with Crippen LogP contribution in [0.15, 0.2) is 58.3 Å². The number of nitro benzene ring substituents is 1. The maximum absolute atomic E-state index is 13.4. The topological polar surface area (TPSA) is 80.5 Å². The van der Waals surface area contributed by atoms with E-state index in [9.17, 15) is 19.7 Å². The molecule has 2 aromatic rings. The lowest BCUT2D eigenvalue weighted by Crippen LogP contribution is -2.42. The first-order chi connectivity index (χ1) is 14.5. The van der Waals surface area contributed by atoms with Crippen LogP contribution in [-0.2, 0) is 9.59 Å². The van der Waals surface area contributed by atoms with Crippen molar-refractivity contribution in [2.24, 2.45) is 0 Å². The Kier molecular flexibility index (Phi) is 5.92. The summed E-state index contributed by atoms with van der Waals surface area (Å²) in [4.78, 5) is 39.7. The van der Waals surface area contributed by atoms with Gasteiger partial charge in [-0.25, -0.2) is 0 Å². The van der Waals surface area contributed by atoms with Crippen LogP contribution in [0.5, 0.6) is 0 Å². The number of amides is 2. The van der Waals surface area contributed by atoms with Crippen molar-refractivity contribution in [3.05, 3.63) is 74.1 Å². The van der Waals surface area contributed by atoms with Crippen molar-refractivity contribution in [1.29, 1.82) is 0 Å². The largest absolute Gasteiger partial charge is 0.271 e. The van der Waals surface area contributed by atoms with Gasteiger partial charge in [0.05, 0.1) is 15.4 Å². The van der Waals surface area contributed by atoms with Crippen LogP contribution in [0.4, 0.5) is 5.69 Å². The minimum atomic E-state index is -0.489. The minimum Gasteiger partial charge on any atom is -0.271 e. The number of benzene rings is 2. The van der Waals surface area contributed by atoms with Crippen molar-refractivity contribution in [2.75, 3.05) is 0 Å². The van der Waals surface area contributed by atoms with Crippen molar-refractivity contribution >= 4 is 46.4 Å². The molecule has 1 aliphatic carbocycles. The van der Waals surface area contributed by atoms with Gasteiger partial charge in [-0.05, 0) is 54.8 Å². The molecule has 1 aliphatic heterocycles. The molecule has 1 fully saturated rings. The lowest BCUT2D eigenvalue weighted by Gasteiger charge is -2.29. The highest BCUT2D eigenvalue weighted by Crippen LogP contribution is 2.42. The van der Waals surface area contributed by atoms with Gasteiger partial charge in [0.1, 0.15) is 0 Å². The molecule has 2 amide bonds. The number of hydrogen-bond acceptors (Lipinski definition) is 5. The average molecular weight is 443 g/mol. The molecule has 0 N–H and O–H groups in total. The van der Waals surface area contributed by atoms with Gasteiger partial charge in [-0.1, -0.05) is 42.6 Å². The van der Waals surface area contributed by atoms with Gasteiger partial charge in [0, 0.05) is 28.1 Å². The van der Waals surface area contributed by atoms with Gasteiger partial charge in [-0.15, -0.1) is 0 Å². The first kappa shape index (κ1) is 20.6. The van der Waals surface area contributed by atoms with E-state index >= 15 is 0 Å². The van der Waals surface area contributed by atoms with E-state index in [0.717, 1.165) is 37.0 Å². The Morgan fingerprint density at radius 1 is 0.933 bits per heavy atom. The summed E-state index contributed by atoms with van der Waals surface area (Å²) >= 11 is 7.19. The van der Waals surface area contributed by atoms with Gasteiger partial charge in [-0.2, -0.15) is 0 Å². The molecule has 4 rings (SSSR count). The molecule has 154 valence electrons. The zero-order valence-electron chi connectivity index (χ0n) is 16.0. The summed E-state index contributed by atoms with van der Waals surface area (Å²) < 4.78 is 0. The van der Waals surface area contributed by atoms with E-state index in [1.165, 1.54) is 40.9 Å². The number of thioether (sulfide) groups is 1. The SMILES string of the molecule is O=C1C(Sc2ccc(Cl)cc2)=C(c2ccc([N+](=O)[O-])cc2)C(=O)N1C1CCCCC1. The molecule has 1 heterocycles. The molecule has 30 heavy (non-hydrogen) atoms. The summed E-state index contributed by atoms with van der Waals surface area (Å²) in [6, 6.07) is 12.7. The standard InChI is InChI=1S/C22H19ClN2O4S/c23-15-8-12-18(13-9-15)30-20-19(14-6-10-17(11-7-14)25(28)29)21(26)24(22(20)27)16-4-2-1-3-5-16/h6-13,16H,1-5H2. The van der Waals surface area contributed by atoms with E-state index in [0.29, 0.717) is 21.1 Å². The van der Waals surface area contributed by atoms with Gasteiger partial charge in [0.25, 0.3) is 17.5 Å². The van der Waals surface area contributed by atoms with Gasteiger partial charge in [0.2, 0.25) is 0 Å². The Hall–Kier alpha value is -2.64. The molecular weight excluding hydrogens is 424 g/mol. The summed E-state index contributed by atoms with van der Waals surface area (Å²) in [7, 11) is 0. The van der Waals surface area contributed by atoms with E-state index < -0.39 is 4.92 Å². The normalized spacial score (nSPS) is 17.7. The monoisotopic (exact) mass is 442 g/mol. The molecule has 0 atom stereocenters. The summed E-state index contributed by atoms with van der Waals surface area (Å²) in [5.74, 6) is -0.614. The fourth-order valence-electron chi connectivity index (χ4n) is 3.92. The van der Waals surface area contributed by atoms with Crippen LogP contribution in [0.25, 0.3) is 5.57 Å².